The van der Waals surface area contributed by atoms with Crippen molar-refractivity contribution in [3.8, 4) is 0 Å². The summed E-state index contributed by atoms with van der Waals surface area (Å²) in [5.74, 6) is 0.803. The van der Waals surface area contributed by atoms with Gasteiger partial charge in [-0.05, 0) is 37.9 Å². The van der Waals surface area contributed by atoms with E-state index in [1.54, 1.807) is 0 Å². The molecule has 1 aliphatic heterocycles. The fourth-order valence-electron chi connectivity index (χ4n) is 3.35. The molecular weight excluding hydrogens is 276 g/mol. The molecule has 0 amide bonds. The maximum absolute atomic E-state index is 11.2. The number of carbonyl (C=O) groups is 1. The van der Waals surface area contributed by atoms with Crippen molar-refractivity contribution < 1.29 is 9.90 Å². The van der Waals surface area contributed by atoms with Gasteiger partial charge in [0.05, 0.1) is 6.10 Å². The number of hydrogen-bond acceptors (Lipinski definition) is 3. The Morgan fingerprint density at radius 2 is 2.00 bits per heavy atom. The normalized spacial score (nSPS) is 18.6. The molecule has 1 aromatic carbocycles. The van der Waals surface area contributed by atoms with Crippen LogP contribution in [0.25, 0.3) is 10.9 Å². The van der Waals surface area contributed by atoms with Crippen molar-refractivity contribution >= 4 is 17.2 Å². The lowest BCUT2D eigenvalue weighted by Gasteiger charge is -2.31. The van der Waals surface area contributed by atoms with Crippen LogP contribution in [0.4, 0.5) is 0 Å². The number of piperidine rings is 1. The third-order valence-corrected chi connectivity index (χ3v) is 4.70. The van der Waals surface area contributed by atoms with Crippen LogP contribution in [0.15, 0.2) is 30.5 Å². The Morgan fingerprint density at radius 1 is 1.27 bits per heavy atom. The van der Waals surface area contributed by atoms with Crippen LogP contribution in [-0.2, 0) is 6.54 Å². The summed E-state index contributed by atoms with van der Waals surface area (Å²) in [6, 6.07) is 7.85. The maximum Gasteiger partial charge on any atom is 0.152 e. The molecule has 1 fully saturated rings. The van der Waals surface area contributed by atoms with E-state index < -0.39 is 6.10 Å². The largest absolute Gasteiger partial charge is 0.390 e. The zero-order chi connectivity index (χ0) is 15.5. The summed E-state index contributed by atoms with van der Waals surface area (Å²) >= 11 is 0. The van der Waals surface area contributed by atoms with E-state index >= 15 is 0 Å². The minimum Gasteiger partial charge on any atom is -0.390 e. The molecule has 4 heteroatoms. The molecule has 1 aliphatic rings. The van der Waals surface area contributed by atoms with Gasteiger partial charge >= 0.3 is 0 Å². The standard InChI is InChI=1S/C18H24N2O2/c1-14-6-8-19(9-7-14)11-16(22)12-20-10-15(13-21)17-4-2-3-5-18(17)20/h2-5,10,13-14,16,22H,6-9,11-12H2,1H3/t16-/m1/s1. The summed E-state index contributed by atoms with van der Waals surface area (Å²) in [4.78, 5) is 13.5. The van der Waals surface area contributed by atoms with Crippen LogP contribution in [0.1, 0.15) is 30.1 Å². The molecule has 4 nitrogen and oxygen atoms in total. The Hall–Kier alpha value is -1.65. The number of para-hydroxylation sites is 1. The quantitative estimate of drug-likeness (QED) is 0.863. The van der Waals surface area contributed by atoms with Gasteiger partial charge in [0.1, 0.15) is 0 Å². The molecule has 22 heavy (non-hydrogen) atoms. The van der Waals surface area contributed by atoms with Crippen molar-refractivity contribution in [3.05, 3.63) is 36.0 Å². The molecule has 0 spiro atoms. The highest BCUT2D eigenvalue weighted by Gasteiger charge is 2.19. The van der Waals surface area contributed by atoms with Crippen LogP contribution in [0.5, 0.6) is 0 Å². The van der Waals surface area contributed by atoms with Crippen LogP contribution in [-0.4, -0.2) is 46.6 Å². The first kappa shape index (κ1) is 15.3. The zero-order valence-electron chi connectivity index (χ0n) is 13.1. The number of benzene rings is 1. The molecule has 0 radical (unpaired) electrons. The summed E-state index contributed by atoms with van der Waals surface area (Å²) in [7, 11) is 0. The summed E-state index contributed by atoms with van der Waals surface area (Å²) in [5.41, 5.74) is 1.70. The number of aromatic nitrogens is 1. The Morgan fingerprint density at radius 3 is 2.73 bits per heavy atom. The monoisotopic (exact) mass is 300 g/mol. The van der Waals surface area contributed by atoms with E-state index in [1.165, 1.54) is 12.8 Å². The Bertz CT molecular complexity index is 642. The smallest absolute Gasteiger partial charge is 0.152 e. The van der Waals surface area contributed by atoms with E-state index in [0.717, 1.165) is 36.2 Å². The summed E-state index contributed by atoms with van der Waals surface area (Å²) in [6.07, 6.45) is 4.75. The van der Waals surface area contributed by atoms with Crippen molar-refractivity contribution in [1.29, 1.82) is 0 Å². The molecule has 0 unspecified atom stereocenters. The van der Waals surface area contributed by atoms with Gasteiger partial charge in [-0.25, -0.2) is 0 Å². The Kier molecular flexibility index (Phi) is 4.60. The molecule has 118 valence electrons. The fourth-order valence-corrected chi connectivity index (χ4v) is 3.35. The predicted octanol–water partition coefficient (Wildman–Crippen LogP) is 2.55. The molecule has 1 N–H and O–H groups in total. The highest BCUT2D eigenvalue weighted by molar-refractivity contribution is 5.97. The lowest BCUT2D eigenvalue weighted by molar-refractivity contribution is 0.0809. The van der Waals surface area contributed by atoms with Crippen LogP contribution in [0.3, 0.4) is 0 Å². The van der Waals surface area contributed by atoms with Gasteiger partial charge in [-0.3, -0.25) is 4.79 Å². The second-order valence-electron chi connectivity index (χ2n) is 6.51. The van der Waals surface area contributed by atoms with Gasteiger partial charge < -0.3 is 14.6 Å². The number of hydrogen-bond donors (Lipinski definition) is 1. The molecule has 1 aromatic heterocycles. The van der Waals surface area contributed by atoms with Crippen LogP contribution < -0.4 is 0 Å². The number of aliphatic hydroxyl groups is 1. The molecule has 2 aromatic rings. The third kappa shape index (κ3) is 3.23. The number of rotatable bonds is 5. The molecule has 2 heterocycles. The van der Waals surface area contributed by atoms with E-state index in [4.69, 9.17) is 0 Å². The van der Waals surface area contributed by atoms with Gasteiger partial charge in [0, 0.05) is 35.8 Å². The molecule has 0 saturated carbocycles. The topological polar surface area (TPSA) is 45.5 Å². The zero-order valence-corrected chi connectivity index (χ0v) is 13.1. The van der Waals surface area contributed by atoms with Gasteiger partial charge in [0.2, 0.25) is 0 Å². The predicted molar refractivity (Wildman–Crippen MR) is 88.2 cm³/mol. The SMILES string of the molecule is CC1CCN(C[C@@H](O)Cn2cc(C=O)c3ccccc32)CC1. The first-order valence-electron chi connectivity index (χ1n) is 8.11. The number of β-amino-alcohol motifs (C(OH)–C–C–N with tert-alkyl or cyclic N) is 1. The number of aldehydes is 1. The maximum atomic E-state index is 11.2. The number of nitrogens with zero attached hydrogens (tertiary/aromatic N) is 2. The van der Waals surface area contributed by atoms with Gasteiger partial charge in [-0.15, -0.1) is 0 Å². The van der Waals surface area contributed by atoms with E-state index in [-0.39, 0.29) is 0 Å². The lowest BCUT2D eigenvalue weighted by atomic mass is 9.99. The van der Waals surface area contributed by atoms with Crippen molar-refractivity contribution in [2.45, 2.75) is 32.4 Å². The lowest BCUT2D eigenvalue weighted by Crippen LogP contribution is -2.39. The summed E-state index contributed by atoms with van der Waals surface area (Å²) in [5, 5.41) is 11.4. The molecule has 1 saturated heterocycles. The van der Waals surface area contributed by atoms with Crippen molar-refractivity contribution in [3.63, 3.8) is 0 Å². The first-order chi connectivity index (χ1) is 10.7. The third-order valence-electron chi connectivity index (χ3n) is 4.70. The number of aliphatic hydroxyl groups excluding tert-OH is 1. The highest BCUT2D eigenvalue weighted by atomic mass is 16.3. The summed E-state index contributed by atoms with van der Waals surface area (Å²) in [6.45, 7) is 5.67. The minimum atomic E-state index is -0.413. The average Bonchev–Trinajstić information content (AvgIpc) is 2.88. The molecular formula is C18H24N2O2. The Labute approximate surface area is 131 Å². The van der Waals surface area contributed by atoms with Crippen molar-refractivity contribution in [2.24, 2.45) is 5.92 Å². The van der Waals surface area contributed by atoms with Crippen LogP contribution >= 0.6 is 0 Å². The number of fused-ring (bicyclic) bond motifs is 1. The minimum absolute atomic E-state index is 0.413. The van der Waals surface area contributed by atoms with Crippen LogP contribution in [0, 0.1) is 5.92 Å². The number of likely N-dealkylation sites (tertiary alicyclic amines) is 1. The fraction of sp³-hybridized carbons (Fsp3) is 0.500. The van der Waals surface area contributed by atoms with Gasteiger partial charge in [0.25, 0.3) is 0 Å². The highest BCUT2D eigenvalue weighted by Crippen LogP contribution is 2.21. The second kappa shape index (κ2) is 6.63. The summed E-state index contributed by atoms with van der Waals surface area (Å²) < 4.78 is 2.00. The molecule has 3 rings (SSSR count). The molecule has 0 aliphatic carbocycles. The average molecular weight is 300 g/mol. The van der Waals surface area contributed by atoms with Crippen molar-refractivity contribution in [2.75, 3.05) is 19.6 Å². The van der Waals surface area contributed by atoms with E-state index in [0.29, 0.717) is 18.7 Å². The Balaban J connectivity index is 1.69. The van der Waals surface area contributed by atoms with E-state index in [9.17, 15) is 9.90 Å². The first-order valence-corrected chi connectivity index (χ1v) is 8.11. The van der Waals surface area contributed by atoms with Crippen molar-refractivity contribution in [1.82, 2.24) is 9.47 Å². The van der Waals surface area contributed by atoms with E-state index in [1.807, 2.05) is 35.0 Å². The molecule has 0 bridgehead atoms. The van der Waals surface area contributed by atoms with E-state index in [2.05, 4.69) is 11.8 Å². The van der Waals surface area contributed by atoms with Gasteiger partial charge in [-0.1, -0.05) is 25.1 Å². The van der Waals surface area contributed by atoms with Crippen LogP contribution in [0.2, 0.25) is 0 Å². The van der Waals surface area contributed by atoms with Gasteiger partial charge in [-0.2, -0.15) is 0 Å². The van der Waals surface area contributed by atoms with Gasteiger partial charge in [0.15, 0.2) is 6.29 Å². The second-order valence-corrected chi connectivity index (χ2v) is 6.51. The number of carbonyl (C=O) groups excluding carboxylic acids is 1. The molecule has 1 atom stereocenters.